The van der Waals surface area contributed by atoms with Crippen molar-refractivity contribution < 1.29 is 9.59 Å². The smallest absolute Gasteiger partial charge is 0.237 e. The molecule has 4 nitrogen and oxygen atoms in total. The highest BCUT2D eigenvalue weighted by Gasteiger charge is 2.50. The number of halogens is 1. The summed E-state index contributed by atoms with van der Waals surface area (Å²) in [6.07, 6.45) is 2.92. The molecule has 2 amide bonds. The monoisotopic (exact) mass is 482 g/mol. The molecule has 2 heterocycles. The summed E-state index contributed by atoms with van der Waals surface area (Å²) in [7, 11) is 0. The molecule has 0 bridgehead atoms. The lowest BCUT2D eigenvalue weighted by Gasteiger charge is -2.47. The molecule has 2 unspecified atom stereocenters. The van der Waals surface area contributed by atoms with E-state index in [2.05, 4.69) is 76.4 Å². The highest BCUT2D eigenvalue weighted by molar-refractivity contribution is 9.10. The van der Waals surface area contributed by atoms with E-state index in [9.17, 15) is 9.59 Å². The van der Waals surface area contributed by atoms with Crippen molar-refractivity contribution in [2.24, 2.45) is 11.8 Å². The van der Waals surface area contributed by atoms with Gasteiger partial charge in [-0.3, -0.25) is 19.8 Å². The number of amides is 2. The molecular formula is C26H31BrN2O2. The summed E-state index contributed by atoms with van der Waals surface area (Å²) in [6.45, 7) is 6.48. The van der Waals surface area contributed by atoms with Crippen LogP contribution in [-0.2, 0) is 15.0 Å². The lowest BCUT2D eigenvalue weighted by Crippen LogP contribution is -2.57. The molecule has 0 saturated carbocycles. The van der Waals surface area contributed by atoms with Gasteiger partial charge in [0.2, 0.25) is 11.8 Å². The third-order valence-electron chi connectivity index (χ3n) is 7.16. The number of hydrogen-bond acceptors (Lipinski definition) is 3. The fraction of sp³-hybridized carbons (Fsp3) is 0.462. The lowest BCUT2D eigenvalue weighted by molar-refractivity contribution is -0.140. The topological polar surface area (TPSA) is 49.4 Å². The Hall–Kier alpha value is -1.98. The number of imide groups is 1. The maximum absolute atomic E-state index is 13.3. The molecule has 2 aliphatic heterocycles. The molecule has 5 heteroatoms. The second kappa shape index (κ2) is 9.25. The van der Waals surface area contributed by atoms with Crippen LogP contribution in [0.4, 0.5) is 0 Å². The largest absolute Gasteiger partial charge is 0.296 e. The van der Waals surface area contributed by atoms with E-state index in [1.807, 2.05) is 18.2 Å². The molecule has 2 aliphatic rings. The highest BCUT2D eigenvalue weighted by Crippen LogP contribution is 2.45. The molecule has 0 spiro atoms. The van der Waals surface area contributed by atoms with Crippen LogP contribution in [0.5, 0.6) is 0 Å². The Kier molecular flexibility index (Phi) is 6.63. The highest BCUT2D eigenvalue weighted by atomic mass is 79.9. The first-order chi connectivity index (χ1) is 14.9. The normalized spacial score (nSPS) is 24.3. The van der Waals surface area contributed by atoms with Crippen molar-refractivity contribution in [3.63, 3.8) is 0 Å². The minimum Gasteiger partial charge on any atom is -0.296 e. The van der Waals surface area contributed by atoms with Crippen LogP contribution in [0.25, 0.3) is 0 Å². The van der Waals surface area contributed by atoms with Gasteiger partial charge in [0.05, 0.1) is 5.41 Å². The van der Waals surface area contributed by atoms with Crippen LogP contribution in [0.2, 0.25) is 0 Å². The number of carbonyl (C=O) groups is 2. The fourth-order valence-corrected chi connectivity index (χ4v) is 5.97. The number of likely N-dealkylation sites (tertiary alicyclic amines) is 1. The van der Waals surface area contributed by atoms with E-state index in [4.69, 9.17) is 0 Å². The van der Waals surface area contributed by atoms with Gasteiger partial charge in [-0.2, -0.15) is 0 Å². The summed E-state index contributed by atoms with van der Waals surface area (Å²) < 4.78 is 1.10. The van der Waals surface area contributed by atoms with Gasteiger partial charge in [-0.15, -0.1) is 0 Å². The molecule has 2 aromatic carbocycles. The Balaban J connectivity index is 1.57. The summed E-state index contributed by atoms with van der Waals surface area (Å²) >= 11 is 3.54. The Morgan fingerprint density at radius 3 is 2.23 bits per heavy atom. The Morgan fingerprint density at radius 2 is 1.65 bits per heavy atom. The van der Waals surface area contributed by atoms with Crippen molar-refractivity contribution in [2.45, 2.75) is 51.0 Å². The van der Waals surface area contributed by atoms with Gasteiger partial charge >= 0.3 is 0 Å². The van der Waals surface area contributed by atoms with E-state index in [1.165, 1.54) is 5.56 Å². The number of rotatable bonds is 5. The molecule has 4 rings (SSSR count). The van der Waals surface area contributed by atoms with Crippen molar-refractivity contribution >= 4 is 27.7 Å². The van der Waals surface area contributed by atoms with Crippen LogP contribution in [0, 0.1) is 11.8 Å². The van der Waals surface area contributed by atoms with Gasteiger partial charge in [-0.1, -0.05) is 72.2 Å². The molecule has 164 valence electrons. The van der Waals surface area contributed by atoms with Crippen LogP contribution < -0.4 is 5.32 Å². The van der Waals surface area contributed by atoms with Gasteiger partial charge in [-0.05, 0) is 67.4 Å². The minimum atomic E-state index is -0.605. The minimum absolute atomic E-state index is 0.110. The van der Waals surface area contributed by atoms with Gasteiger partial charge < -0.3 is 0 Å². The predicted molar refractivity (Wildman–Crippen MR) is 127 cm³/mol. The van der Waals surface area contributed by atoms with Crippen LogP contribution in [0.3, 0.4) is 0 Å². The molecular weight excluding hydrogens is 452 g/mol. The van der Waals surface area contributed by atoms with Crippen LogP contribution in [-0.4, -0.2) is 29.8 Å². The number of nitrogens with zero attached hydrogens (tertiary/aromatic N) is 1. The molecule has 0 aliphatic carbocycles. The van der Waals surface area contributed by atoms with Gasteiger partial charge in [-0.25, -0.2) is 0 Å². The first-order valence-electron chi connectivity index (χ1n) is 11.3. The van der Waals surface area contributed by atoms with Crippen LogP contribution in [0.15, 0.2) is 59.1 Å². The van der Waals surface area contributed by atoms with E-state index in [0.29, 0.717) is 24.8 Å². The first-order valence-corrected chi connectivity index (χ1v) is 12.1. The number of carbonyl (C=O) groups excluding carboxylic acids is 2. The number of benzene rings is 2. The zero-order chi connectivity index (χ0) is 22.0. The molecule has 0 radical (unpaired) electrons. The third kappa shape index (κ3) is 4.35. The zero-order valence-corrected chi connectivity index (χ0v) is 19.9. The van der Waals surface area contributed by atoms with Crippen LogP contribution in [0.1, 0.15) is 56.7 Å². The van der Waals surface area contributed by atoms with Gasteiger partial charge in [0.15, 0.2) is 0 Å². The summed E-state index contributed by atoms with van der Waals surface area (Å²) in [5, 5.41) is 2.65. The van der Waals surface area contributed by atoms with Crippen molar-refractivity contribution in [3.8, 4) is 0 Å². The molecule has 2 saturated heterocycles. The first kappa shape index (κ1) is 22.2. The van der Waals surface area contributed by atoms with E-state index in [1.54, 1.807) is 0 Å². The lowest BCUT2D eigenvalue weighted by atomic mass is 9.62. The average molecular weight is 483 g/mol. The molecule has 2 atom stereocenters. The van der Waals surface area contributed by atoms with Gasteiger partial charge in [0, 0.05) is 16.9 Å². The quantitative estimate of drug-likeness (QED) is 0.593. The molecule has 31 heavy (non-hydrogen) atoms. The van der Waals surface area contributed by atoms with Crippen molar-refractivity contribution in [3.05, 3.63) is 70.2 Å². The van der Waals surface area contributed by atoms with E-state index in [-0.39, 0.29) is 17.7 Å². The predicted octanol–water partition coefficient (Wildman–Crippen LogP) is 5.23. The SMILES string of the molecule is CC(C)C(c1ccc(Br)cc1)N1CCC(C2(c3ccccc3)CCC(=O)NC2=O)CC1. The zero-order valence-electron chi connectivity index (χ0n) is 18.3. The Labute approximate surface area is 193 Å². The summed E-state index contributed by atoms with van der Waals surface area (Å²) in [4.78, 5) is 27.8. The number of piperidine rings is 2. The summed E-state index contributed by atoms with van der Waals surface area (Å²) in [5.41, 5.74) is 1.79. The molecule has 2 aromatic rings. The van der Waals surface area contributed by atoms with Crippen molar-refractivity contribution in [2.75, 3.05) is 13.1 Å². The van der Waals surface area contributed by atoms with Crippen molar-refractivity contribution in [1.82, 2.24) is 10.2 Å². The molecule has 0 aromatic heterocycles. The fourth-order valence-electron chi connectivity index (χ4n) is 5.71. The Morgan fingerprint density at radius 1 is 1.00 bits per heavy atom. The second-order valence-electron chi connectivity index (χ2n) is 9.27. The summed E-state index contributed by atoms with van der Waals surface area (Å²) in [5.74, 6) is 0.471. The molecule has 2 fully saturated rings. The standard InChI is InChI=1S/C26H31BrN2O2/c1-18(2)24(19-8-10-22(27)11-9-19)29-16-13-21(14-17-29)26(20-6-4-3-5-7-20)15-12-23(30)28-25(26)31/h3-11,18,21,24H,12-17H2,1-2H3,(H,28,30,31). The van der Waals surface area contributed by atoms with Gasteiger partial charge in [0.25, 0.3) is 0 Å². The second-order valence-corrected chi connectivity index (χ2v) is 10.2. The summed E-state index contributed by atoms with van der Waals surface area (Å²) in [6, 6.07) is 19.1. The maximum atomic E-state index is 13.3. The number of hydrogen-bond donors (Lipinski definition) is 1. The number of nitrogens with one attached hydrogen (secondary N) is 1. The third-order valence-corrected chi connectivity index (χ3v) is 7.68. The van der Waals surface area contributed by atoms with Gasteiger partial charge in [0.1, 0.15) is 0 Å². The maximum Gasteiger partial charge on any atom is 0.237 e. The van der Waals surface area contributed by atoms with E-state index in [0.717, 1.165) is 36.0 Å². The van der Waals surface area contributed by atoms with E-state index < -0.39 is 5.41 Å². The molecule has 1 N–H and O–H groups in total. The Bertz CT molecular complexity index is 920. The van der Waals surface area contributed by atoms with Crippen molar-refractivity contribution in [1.29, 1.82) is 0 Å². The van der Waals surface area contributed by atoms with Crippen LogP contribution >= 0.6 is 15.9 Å². The average Bonchev–Trinajstić information content (AvgIpc) is 2.77. The van der Waals surface area contributed by atoms with E-state index >= 15 is 0 Å².